The molecule has 116 valence electrons. The number of likely N-dealkylation sites (tertiary alicyclic amines) is 1. The summed E-state index contributed by atoms with van der Waals surface area (Å²) < 4.78 is 0. The maximum absolute atomic E-state index is 12.4. The Hall–Kier alpha value is -1.17. The van der Waals surface area contributed by atoms with Crippen LogP contribution in [0.1, 0.15) is 26.7 Å². The molecule has 0 aliphatic carbocycles. The van der Waals surface area contributed by atoms with E-state index in [9.17, 15) is 9.90 Å². The molecule has 2 atom stereocenters. The predicted molar refractivity (Wildman–Crippen MR) is 83.3 cm³/mol. The number of hydrogen-bond acceptors (Lipinski definition) is 4. The summed E-state index contributed by atoms with van der Waals surface area (Å²) in [6, 6.07) is 3.19. The Labute approximate surface area is 130 Å². The molecule has 21 heavy (non-hydrogen) atoms. The summed E-state index contributed by atoms with van der Waals surface area (Å²) in [5.74, 6) is -0.105. The van der Waals surface area contributed by atoms with E-state index >= 15 is 0 Å². The number of anilines is 1. The van der Waals surface area contributed by atoms with Crippen molar-refractivity contribution in [2.75, 3.05) is 25.0 Å². The number of piperidine rings is 1. The van der Waals surface area contributed by atoms with Crippen molar-refractivity contribution in [1.82, 2.24) is 9.88 Å². The first kappa shape index (κ1) is 16.2. The molecule has 5 nitrogen and oxygen atoms in total. The minimum atomic E-state index is -0.271. The number of nitrogens with zero attached hydrogens (tertiary/aromatic N) is 2. The highest BCUT2D eigenvalue weighted by Gasteiger charge is 2.34. The van der Waals surface area contributed by atoms with Crippen molar-refractivity contribution in [1.29, 1.82) is 0 Å². The van der Waals surface area contributed by atoms with Crippen LogP contribution in [0.5, 0.6) is 0 Å². The number of aliphatic hydroxyl groups is 1. The number of aliphatic hydroxyl groups excluding tert-OH is 1. The van der Waals surface area contributed by atoms with Gasteiger partial charge in [-0.05, 0) is 38.4 Å². The first-order valence-corrected chi connectivity index (χ1v) is 7.59. The maximum atomic E-state index is 12.4. The molecular weight excluding hydrogens is 290 g/mol. The Bertz CT molecular complexity index is 511. The number of nitrogens with one attached hydrogen (secondary N) is 1. The highest BCUT2D eigenvalue weighted by Crippen LogP contribution is 2.30. The van der Waals surface area contributed by atoms with E-state index in [-0.39, 0.29) is 29.1 Å². The Morgan fingerprint density at radius 2 is 2.43 bits per heavy atom. The topological polar surface area (TPSA) is 65.5 Å². The second kappa shape index (κ2) is 6.73. The zero-order chi connectivity index (χ0) is 15.5. The van der Waals surface area contributed by atoms with Gasteiger partial charge in [0.05, 0.1) is 11.7 Å². The van der Waals surface area contributed by atoms with Gasteiger partial charge >= 0.3 is 0 Å². The molecule has 1 aromatic rings. The zero-order valence-electron chi connectivity index (χ0n) is 12.5. The van der Waals surface area contributed by atoms with Crippen molar-refractivity contribution in [2.45, 2.75) is 32.7 Å². The minimum Gasteiger partial charge on any atom is -0.396 e. The van der Waals surface area contributed by atoms with Crippen LogP contribution in [0, 0.1) is 5.41 Å². The zero-order valence-corrected chi connectivity index (χ0v) is 13.2. The summed E-state index contributed by atoms with van der Waals surface area (Å²) in [6.07, 6.45) is 3.56. The van der Waals surface area contributed by atoms with Crippen LogP contribution in [0.4, 0.5) is 5.69 Å². The van der Waals surface area contributed by atoms with Crippen molar-refractivity contribution in [3.05, 3.63) is 23.5 Å². The fourth-order valence-electron chi connectivity index (χ4n) is 2.70. The lowest BCUT2D eigenvalue weighted by Crippen LogP contribution is -2.51. The van der Waals surface area contributed by atoms with Crippen molar-refractivity contribution < 1.29 is 9.90 Å². The standard InChI is InChI=1S/C15H22ClN3O2/c1-11(19-8-4-6-15(2,9-19)10-20)14(21)18-12-5-3-7-17-13(12)16/h3,5,7,11,20H,4,6,8-10H2,1-2H3,(H,18,21). The van der Waals surface area contributed by atoms with Crippen molar-refractivity contribution >= 4 is 23.2 Å². The molecule has 0 aromatic carbocycles. The van der Waals surface area contributed by atoms with Crippen LogP contribution in [0.3, 0.4) is 0 Å². The van der Waals surface area contributed by atoms with Crippen LogP contribution >= 0.6 is 11.6 Å². The molecule has 6 heteroatoms. The lowest BCUT2D eigenvalue weighted by atomic mass is 9.82. The van der Waals surface area contributed by atoms with Crippen molar-refractivity contribution in [3.63, 3.8) is 0 Å². The molecule has 2 heterocycles. The van der Waals surface area contributed by atoms with E-state index in [4.69, 9.17) is 11.6 Å². The first-order valence-electron chi connectivity index (χ1n) is 7.21. The van der Waals surface area contributed by atoms with Crippen LogP contribution < -0.4 is 5.32 Å². The van der Waals surface area contributed by atoms with Crippen LogP contribution in [0.25, 0.3) is 0 Å². The van der Waals surface area contributed by atoms with Gasteiger partial charge < -0.3 is 10.4 Å². The van der Waals surface area contributed by atoms with E-state index < -0.39 is 0 Å². The van der Waals surface area contributed by atoms with Gasteiger partial charge in [-0.1, -0.05) is 18.5 Å². The fourth-order valence-corrected chi connectivity index (χ4v) is 2.87. The van der Waals surface area contributed by atoms with E-state index in [0.29, 0.717) is 5.69 Å². The smallest absolute Gasteiger partial charge is 0.241 e. The highest BCUT2D eigenvalue weighted by atomic mass is 35.5. The second-order valence-corrected chi connectivity index (χ2v) is 6.41. The van der Waals surface area contributed by atoms with Crippen LogP contribution in [-0.2, 0) is 4.79 Å². The van der Waals surface area contributed by atoms with Gasteiger partial charge in [0, 0.05) is 24.8 Å². The lowest BCUT2D eigenvalue weighted by molar-refractivity contribution is -0.122. The summed E-state index contributed by atoms with van der Waals surface area (Å²) >= 11 is 5.95. The number of rotatable bonds is 4. The molecule has 1 aliphatic heterocycles. The highest BCUT2D eigenvalue weighted by molar-refractivity contribution is 6.32. The van der Waals surface area contributed by atoms with Crippen LogP contribution in [0.15, 0.2) is 18.3 Å². The van der Waals surface area contributed by atoms with Gasteiger partial charge in [-0.2, -0.15) is 0 Å². The summed E-state index contributed by atoms with van der Waals surface area (Å²) in [5.41, 5.74) is 0.400. The molecule has 1 saturated heterocycles. The van der Waals surface area contributed by atoms with Gasteiger partial charge in [-0.3, -0.25) is 9.69 Å². The van der Waals surface area contributed by atoms with Gasteiger partial charge in [-0.25, -0.2) is 4.98 Å². The van der Waals surface area contributed by atoms with Crippen LogP contribution in [0.2, 0.25) is 5.15 Å². The van der Waals surface area contributed by atoms with Gasteiger partial charge in [0.15, 0.2) is 5.15 Å². The monoisotopic (exact) mass is 311 g/mol. The van der Waals surface area contributed by atoms with Crippen molar-refractivity contribution in [3.8, 4) is 0 Å². The Morgan fingerprint density at radius 3 is 3.10 bits per heavy atom. The molecule has 0 saturated carbocycles. The number of amides is 1. The molecule has 1 aliphatic rings. The van der Waals surface area contributed by atoms with E-state index in [2.05, 4.69) is 22.1 Å². The number of pyridine rings is 1. The molecule has 2 rings (SSSR count). The molecule has 0 spiro atoms. The third-order valence-corrected chi connectivity index (χ3v) is 4.44. The molecule has 1 fully saturated rings. The number of carbonyl (C=O) groups excluding carboxylic acids is 1. The molecule has 2 N–H and O–H groups in total. The molecule has 2 unspecified atom stereocenters. The van der Waals surface area contributed by atoms with Gasteiger partial charge in [0.2, 0.25) is 5.91 Å². The largest absolute Gasteiger partial charge is 0.396 e. The summed E-state index contributed by atoms with van der Waals surface area (Å²) in [4.78, 5) is 18.4. The Balaban J connectivity index is 2.01. The molecule has 1 aromatic heterocycles. The van der Waals surface area contributed by atoms with Crippen LogP contribution in [-0.4, -0.2) is 46.6 Å². The Morgan fingerprint density at radius 1 is 1.67 bits per heavy atom. The Kier molecular flexibility index (Phi) is 5.19. The second-order valence-electron chi connectivity index (χ2n) is 6.05. The quantitative estimate of drug-likeness (QED) is 0.836. The van der Waals surface area contributed by atoms with Crippen molar-refractivity contribution in [2.24, 2.45) is 5.41 Å². The average Bonchev–Trinajstić information content (AvgIpc) is 2.49. The number of carbonyl (C=O) groups is 1. The average molecular weight is 312 g/mol. The van der Waals surface area contributed by atoms with Gasteiger partial charge in [-0.15, -0.1) is 0 Å². The van der Waals surface area contributed by atoms with E-state index in [0.717, 1.165) is 25.9 Å². The fraction of sp³-hybridized carbons (Fsp3) is 0.600. The first-order chi connectivity index (χ1) is 9.95. The third-order valence-electron chi connectivity index (χ3n) is 4.14. The van der Waals surface area contributed by atoms with E-state index in [1.165, 1.54) is 0 Å². The van der Waals surface area contributed by atoms with E-state index in [1.807, 2.05) is 6.92 Å². The maximum Gasteiger partial charge on any atom is 0.241 e. The van der Waals surface area contributed by atoms with Gasteiger partial charge in [0.1, 0.15) is 0 Å². The number of halogens is 1. The molecule has 0 bridgehead atoms. The number of hydrogen-bond donors (Lipinski definition) is 2. The van der Waals surface area contributed by atoms with Gasteiger partial charge in [0.25, 0.3) is 0 Å². The summed E-state index contributed by atoms with van der Waals surface area (Å²) in [7, 11) is 0. The molecular formula is C15H22ClN3O2. The molecule has 0 radical (unpaired) electrons. The third kappa shape index (κ3) is 3.93. The lowest BCUT2D eigenvalue weighted by Gasteiger charge is -2.41. The normalized spacial score (nSPS) is 24.6. The molecule has 1 amide bonds. The summed E-state index contributed by atoms with van der Waals surface area (Å²) in [5, 5.41) is 12.6. The summed E-state index contributed by atoms with van der Waals surface area (Å²) in [6.45, 7) is 5.67. The SMILES string of the molecule is CC(C(=O)Nc1cccnc1Cl)N1CCCC(C)(CO)C1. The van der Waals surface area contributed by atoms with E-state index in [1.54, 1.807) is 18.3 Å². The minimum absolute atomic E-state index is 0.105. The number of aromatic nitrogens is 1. The predicted octanol–water partition coefficient (Wildman–Crippen LogP) is 2.16.